The van der Waals surface area contributed by atoms with Gasteiger partial charge in [-0.15, -0.1) is 0 Å². The van der Waals surface area contributed by atoms with Crippen LogP contribution < -0.4 is 4.74 Å². The van der Waals surface area contributed by atoms with Crippen LogP contribution in [0.15, 0.2) is 133 Å². The Hall–Kier alpha value is -5.14. The van der Waals surface area contributed by atoms with Gasteiger partial charge in [-0.3, -0.25) is 0 Å². The molecule has 0 unspecified atom stereocenters. The lowest BCUT2D eigenvalue weighted by Crippen LogP contribution is -1.99. The van der Waals surface area contributed by atoms with E-state index < -0.39 is 54.4 Å². The van der Waals surface area contributed by atoms with Gasteiger partial charge in [-0.25, -0.2) is 0 Å². The lowest BCUT2D eigenvalue weighted by molar-refractivity contribution is 0.493. The van der Waals surface area contributed by atoms with E-state index in [0.29, 0.717) is 5.56 Å². The topological polar surface area (TPSA) is 9.23 Å². The van der Waals surface area contributed by atoms with Crippen molar-refractivity contribution in [3.63, 3.8) is 0 Å². The van der Waals surface area contributed by atoms with E-state index in [-0.39, 0.29) is 61.8 Å². The monoisotopic (exact) mass is 505 g/mol. The maximum atomic E-state index is 9.50. The quantitative estimate of drug-likeness (QED) is 0.159. The van der Waals surface area contributed by atoms with Gasteiger partial charge < -0.3 is 4.74 Å². The molecule has 0 spiro atoms. The summed E-state index contributed by atoms with van der Waals surface area (Å²) in [4.78, 5) is 0. The molecule has 0 atom stereocenters. The van der Waals surface area contributed by atoms with Crippen molar-refractivity contribution in [3.05, 3.63) is 133 Å². The highest BCUT2D eigenvalue weighted by Gasteiger charge is 2.24. The minimum Gasteiger partial charge on any atom is -0.455 e. The van der Waals surface area contributed by atoms with Crippen LogP contribution in [-0.4, -0.2) is 0 Å². The molecule has 0 aromatic heterocycles. The Kier molecular flexibility index (Phi) is 2.58. The minimum atomic E-state index is -0.590. The average molecular weight is 506 g/mol. The molecular weight excluding hydrogens is 472 g/mol. The molecule has 0 radical (unpaired) electrons. The van der Waals surface area contributed by atoms with Crippen molar-refractivity contribution in [2.45, 2.75) is 0 Å². The van der Waals surface area contributed by atoms with Gasteiger partial charge in [-0.1, -0.05) is 109 Å². The number of fused-ring (bicyclic) bond motifs is 8. The minimum absolute atomic E-state index is 0.0604. The predicted octanol–water partition coefficient (Wildman–Crippen LogP) is 10.9. The Morgan fingerprint density at radius 1 is 0.462 bits per heavy atom. The van der Waals surface area contributed by atoms with Crippen LogP contribution in [0.3, 0.4) is 0 Å². The van der Waals surface area contributed by atoms with Gasteiger partial charge in [0.15, 0.2) is 0 Å². The smallest absolute Gasteiger partial charge is 0.143 e. The fourth-order valence-corrected chi connectivity index (χ4v) is 5.87. The summed E-state index contributed by atoms with van der Waals surface area (Å²) in [7, 11) is 0. The zero-order valence-electron chi connectivity index (χ0n) is 31.3. The van der Waals surface area contributed by atoms with Crippen LogP contribution in [0, 0.1) is 0 Å². The summed E-state index contributed by atoms with van der Waals surface area (Å²) in [6.07, 6.45) is 0. The van der Waals surface area contributed by atoms with E-state index in [2.05, 4.69) is 6.07 Å². The molecule has 1 aliphatic rings. The Morgan fingerprint density at radius 3 is 2.21 bits per heavy atom. The van der Waals surface area contributed by atoms with Gasteiger partial charge in [0.1, 0.15) is 11.5 Å². The molecule has 0 N–H and O–H groups in total. The third-order valence-electron chi connectivity index (χ3n) is 7.58. The molecule has 0 amide bonds. The maximum absolute atomic E-state index is 9.50. The molecule has 39 heavy (non-hydrogen) atoms. The maximum Gasteiger partial charge on any atom is 0.143 e. The Labute approximate surface area is 241 Å². The van der Waals surface area contributed by atoms with E-state index in [9.17, 15) is 4.11 Å². The number of benzene rings is 8. The summed E-state index contributed by atoms with van der Waals surface area (Å²) in [5.41, 5.74) is 0.560. The van der Waals surface area contributed by atoms with Crippen LogP contribution in [0.2, 0.25) is 0 Å². The first-order valence-electron chi connectivity index (χ1n) is 18.1. The van der Waals surface area contributed by atoms with E-state index in [1.54, 1.807) is 0 Å². The molecule has 1 aliphatic heterocycles. The van der Waals surface area contributed by atoms with Crippen molar-refractivity contribution < 1.29 is 19.8 Å². The molecule has 0 saturated carbocycles. The van der Waals surface area contributed by atoms with Crippen molar-refractivity contribution in [2.24, 2.45) is 0 Å². The number of rotatable bonds is 1. The SMILES string of the molecule is [2H]c1c([2H])c([2H])c2c3c(c([2H])c([2H])c2c1[2H])-c1c([2H])c([2H])c([2H])c2c(-c4c5ccccc5cc5c4ccc4ccccc45)c([2H])c([2H])c(c12)O3. The number of hydrogen-bond acceptors (Lipinski definition) is 1. The third kappa shape index (κ3) is 2.85. The van der Waals surface area contributed by atoms with Crippen LogP contribution in [-0.2, 0) is 0 Å². The van der Waals surface area contributed by atoms with Crippen molar-refractivity contribution >= 4 is 53.9 Å². The summed E-state index contributed by atoms with van der Waals surface area (Å²) < 4.78 is 104. The number of ether oxygens (including phenoxy) is 1. The lowest BCUT2D eigenvalue weighted by atomic mass is 9.85. The van der Waals surface area contributed by atoms with Gasteiger partial charge >= 0.3 is 0 Å². The van der Waals surface area contributed by atoms with E-state index in [1.165, 1.54) is 0 Å². The zero-order chi connectivity index (χ0) is 35.1. The van der Waals surface area contributed by atoms with Crippen molar-refractivity contribution in [1.82, 2.24) is 0 Å². The first-order valence-corrected chi connectivity index (χ1v) is 12.6. The third-order valence-corrected chi connectivity index (χ3v) is 7.58. The summed E-state index contributed by atoms with van der Waals surface area (Å²) in [6.45, 7) is 0. The highest BCUT2D eigenvalue weighted by atomic mass is 16.5. The van der Waals surface area contributed by atoms with Crippen LogP contribution in [0.1, 0.15) is 15.1 Å². The Morgan fingerprint density at radius 2 is 1.26 bits per heavy atom. The van der Waals surface area contributed by atoms with Gasteiger partial charge in [0.25, 0.3) is 0 Å². The lowest BCUT2D eigenvalue weighted by Gasteiger charge is -2.24. The first-order chi connectivity index (χ1) is 23.9. The molecule has 1 heteroatoms. The second-order valence-electron chi connectivity index (χ2n) is 9.61. The van der Waals surface area contributed by atoms with Crippen molar-refractivity contribution in [3.8, 4) is 33.8 Å². The largest absolute Gasteiger partial charge is 0.455 e. The molecule has 1 nitrogen and oxygen atoms in total. The van der Waals surface area contributed by atoms with E-state index in [4.69, 9.17) is 15.7 Å². The highest BCUT2D eigenvalue weighted by molar-refractivity contribution is 6.23. The molecule has 0 aliphatic carbocycles. The van der Waals surface area contributed by atoms with Gasteiger partial charge in [0.2, 0.25) is 0 Å². The fourth-order valence-electron chi connectivity index (χ4n) is 5.87. The van der Waals surface area contributed by atoms with Gasteiger partial charge in [-0.2, -0.15) is 0 Å². The number of hydrogen-bond donors (Lipinski definition) is 0. The average Bonchev–Trinajstić information content (AvgIpc) is 3.12. The first kappa shape index (κ1) is 13.1. The van der Waals surface area contributed by atoms with Crippen molar-refractivity contribution in [1.29, 1.82) is 0 Å². The highest BCUT2D eigenvalue weighted by Crippen LogP contribution is 2.52. The standard InChI is InChI=1S/C38H22O/c1-4-11-26-23(8-1)16-18-32-34(26)22-25-10-3-5-12-27(25)36(32)31-20-21-35-37-29(31)14-7-15-30(37)33-19-17-24-9-2-6-13-28(24)38(33)39-35/h1-22H/i2D,6D,7D,9D,13D,14D,15D,17D,19D,20D,21D. The summed E-state index contributed by atoms with van der Waals surface area (Å²) in [6, 6.07) is 16.3. The summed E-state index contributed by atoms with van der Waals surface area (Å²) >= 11 is 0. The molecule has 8 aromatic carbocycles. The van der Waals surface area contributed by atoms with Crippen LogP contribution in [0.5, 0.6) is 11.5 Å². The van der Waals surface area contributed by atoms with Crippen LogP contribution >= 0.6 is 0 Å². The molecule has 8 aromatic rings. The summed E-state index contributed by atoms with van der Waals surface area (Å²) in [5, 5.41) is 4.89. The zero-order valence-corrected chi connectivity index (χ0v) is 20.3. The van der Waals surface area contributed by atoms with Crippen LogP contribution in [0.4, 0.5) is 0 Å². The predicted molar refractivity (Wildman–Crippen MR) is 165 cm³/mol. The second kappa shape index (κ2) is 7.69. The second-order valence-corrected chi connectivity index (χ2v) is 9.61. The van der Waals surface area contributed by atoms with Crippen LogP contribution in [0.25, 0.3) is 76.1 Å². The Bertz CT molecular complexity index is 2920. The molecule has 180 valence electrons. The molecule has 9 rings (SSSR count). The fraction of sp³-hybridized carbons (Fsp3) is 0. The van der Waals surface area contributed by atoms with E-state index >= 15 is 0 Å². The molecule has 0 fully saturated rings. The summed E-state index contributed by atoms with van der Waals surface area (Å²) in [5.74, 6) is -0.478. The van der Waals surface area contributed by atoms with E-state index in [0.717, 1.165) is 32.3 Å². The molecule has 0 saturated heterocycles. The van der Waals surface area contributed by atoms with Gasteiger partial charge in [-0.05, 0) is 84.0 Å². The normalized spacial score (nSPS) is 16.3. The molecule has 1 heterocycles. The van der Waals surface area contributed by atoms with Crippen molar-refractivity contribution in [2.75, 3.05) is 0 Å². The van der Waals surface area contributed by atoms with E-state index in [1.807, 2.05) is 60.7 Å². The Balaban J connectivity index is 1.54. The molecular formula is C38H22O. The molecule has 0 bridgehead atoms. The van der Waals surface area contributed by atoms with Gasteiger partial charge in [0, 0.05) is 16.3 Å². The van der Waals surface area contributed by atoms with Gasteiger partial charge in [0.05, 0.1) is 15.1 Å².